The minimum absolute atomic E-state index is 0.153. The quantitative estimate of drug-likeness (QED) is 0.328. The van der Waals surface area contributed by atoms with Crippen LogP contribution < -0.4 is 20.5 Å². The molecule has 0 aliphatic carbocycles. The summed E-state index contributed by atoms with van der Waals surface area (Å²) in [5, 5.41) is 2.67. The molecule has 0 fully saturated rings. The number of rotatable bonds is 8. The van der Waals surface area contributed by atoms with E-state index in [9.17, 15) is 9.18 Å². The summed E-state index contributed by atoms with van der Waals surface area (Å²) in [7, 11) is 0. The van der Waals surface area contributed by atoms with E-state index >= 15 is 0 Å². The normalized spacial score (nSPS) is 10.5. The molecular weight excluding hydrogens is 459 g/mol. The largest absolute Gasteiger partial charge is 0.489 e. The smallest absolute Gasteiger partial charge is 0.239 e. The van der Waals surface area contributed by atoms with Crippen LogP contribution in [-0.2, 0) is 11.4 Å². The highest BCUT2D eigenvalue weighted by Crippen LogP contribution is 2.36. The maximum Gasteiger partial charge on any atom is 0.239 e. The van der Waals surface area contributed by atoms with Crippen LogP contribution in [0.5, 0.6) is 17.4 Å². The van der Waals surface area contributed by atoms with Gasteiger partial charge in [-0.2, -0.15) is 0 Å². The van der Waals surface area contributed by atoms with Gasteiger partial charge >= 0.3 is 0 Å². The summed E-state index contributed by atoms with van der Waals surface area (Å²) >= 11 is 5.55. The number of hydrogen-bond donors (Lipinski definition) is 2. The topological polar surface area (TPSA) is 99.4 Å². The van der Waals surface area contributed by atoms with Crippen molar-refractivity contribution in [2.75, 3.05) is 16.9 Å². The number of aromatic nitrogens is 2. The van der Waals surface area contributed by atoms with E-state index in [1.54, 1.807) is 60.7 Å². The number of nitrogens with zero attached hydrogens (tertiary/aromatic N) is 2. The van der Waals surface area contributed by atoms with Crippen molar-refractivity contribution in [3.8, 4) is 28.5 Å². The molecule has 0 aliphatic heterocycles. The predicted octanol–water partition coefficient (Wildman–Crippen LogP) is 5.41. The molecule has 172 valence electrons. The molecule has 3 N–H and O–H groups in total. The molecule has 0 saturated heterocycles. The van der Waals surface area contributed by atoms with E-state index in [1.807, 2.05) is 0 Å². The fraction of sp³-hybridized carbons (Fsp3) is 0.0800. The third-order valence-electron chi connectivity index (χ3n) is 4.73. The zero-order valence-electron chi connectivity index (χ0n) is 17.9. The van der Waals surface area contributed by atoms with Crippen LogP contribution >= 0.6 is 11.6 Å². The maximum atomic E-state index is 13.3. The first-order valence-corrected chi connectivity index (χ1v) is 10.8. The number of nitrogens with two attached hydrogens (primary N) is 1. The van der Waals surface area contributed by atoms with Gasteiger partial charge in [0.05, 0.1) is 5.56 Å². The minimum atomic E-state index is -0.328. The van der Waals surface area contributed by atoms with Gasteiger partial charge in [0, 0.05) is 11.8 Å². The summed E-state index contributed by atoms with van der Waals surface area (Å²) in [4.78, 5) is 19.9. The van der Waals surface area contributed by atoms with E-state index in [1.165, 1.54) is 18.5 Å². The molecule has 7 nitrogen and oxygen atoms in total. The first kappa shape index (κ1) is 23.0. The van der Waals surface area contributed by atoms with Crippen molar-refractivity contribution in [2.24, 2.45) is 0 Å². The number of anilines is 2. The lowest BCUT2D eigenvalue weighted by atomic mass is 10.1. The number of benzene rings is 3. The van der Waals surface area contributed by atoms with Crippen LogP contribution in [0.1, 0.15) is 5.56 Å². The van der Waals surface area contributed by atoms with Crippen molar-refractivity contribution in [3.05, 3.63) is 90.5 Å². The molecule has 9 heteroatoms. The second-order valence-corrected chi connectivity index (χ2v) is 7.46. The van der Waals surface area contributed by atoms with Crippen molar-refractivity contribution in [3.63, 3.8) is 0 Å². The number of nitrogens with one attached hydrogen (secondary N) is 1. The Labute approximate surface area is 200 Å². The van der Waals surface area contributed by atoms with Crippen LogP contribution in [0.3, 0.4) is 0 Å². The maximum absolute atomic E-state index is 13.3. The van der Waals surface area contributed by atoms with Crippen molar-refractivity contribution >= 4 is 29.0 Å². The van der Waals surface area contributed by atoms with Gasteiger partial charge in [-0.05, 0) is 47.5 Å². The Morgan fingerprint density at radius 1 is 1.00 bits per heavy atom. The van der Waals surface area contributed by atoms with E-state index in [-0.39, 0.29) is 35.9 Å². The Balaban J connectivity index is 1.53. The molecule has 0 saturated carbocycles. The molecule has 0 radical (unpaired) electrons. The number of alkyl halides is 1. The number of hydrogen-bond acceptors (Lipinski definition) is 6. The monoisotopic (exact) mass is 478 g/mol. The molecule has 0 bridgehead atoms. The summed E-state index contributed by atoms with van der Waals surface area (Å²) in [6, 6.07) is 20.2. The third kappa shape index (κ3) is 5.79. The first-order chi connectivity index (χ1) is 16.5. The summed E-state index contributed by atoms with van der Waals surface area (Å²) in [6.45, 7) is 0.235. The number of carbonyl (C=O) groups excluding carboxylic acids is 1. The summed E-state index contributed by atoms with van der Waals surface area (Å²) in [5.74, 6) is 0.753. The first-order valence-electron chi connectivity index (χ1n) is 10.2. The molecule has 3 aromatic carbocycles. The molecule has 4 rings (SSSR count). The molecular formula is C25H20ClFN4O3. The highest BCUT2D eigenvalue weighted by molar-refractivity contribution is 6.29. The van der Waals surface area contributed by atoms with Gasteiger partial charge in [0.2, 0.25) is 11.8 Å². The third-order valence-corrected chi connectivity index (χ3v) is 4.98. The predicted molar refractivity (Wildman–Crippen MR) is 128 cm³/mol. The van der Waals surface area contributed by atoms with Gasteiger partial charge in [0.15, 0.2) is 0 Å². The molecule has 1 heterocycles. The SMILES string of the molecule is Nc1ncnc(Oc2cccc(NC(=O)CCl)c2)c1-c1ccc(OCc2cccc(F)c2)cc1. The van der Waals surface area contributed by atoms with Crippen LogP contribution in [0, 0.1) is 5.82 Å². The zero-order chi connectivity index (χ0) is 23.9. The van der Waals surface area contributed by atoms with Gasteiger partial charge in [0.1, 0.15) is 41.9 Å². The fourth-order valence-corrected chi connectivity index (χ4v) is 3.25. The van der Waals surface area contributed by atoms with Crippen LogP contribution in [0.4, 0.5) is 15.9 Å². The molecule has 1 amide bonds. The number of ether oxygens (including phenoxy) is 2. The summed E-state index contributed by atoms with van der Waals surface area (Å²) in [5.41, 5.74) is 8.63. The molecule has 0 unspecified atom stereocenters. The van der Waals surface area contributed by atoms with Gasteiger partial charge < -0.3 is 20.5 Å². The molecule has 1 aromatic heterocycles. The summed E-state index contributed by atoms with van der Waals surface area (Å²) in [6.07, 6.45) is 1.31. The Hall–Kier alpha value is -4.17. The highest BCUT2D eigenvalue weighted by atomic mass is 35.5. The van der Waals surface area contributed by atoms with Gasteiger partial charge in [0.25, 0.3) is 0 Å². The highest BCUT2D eigenvalue weighted by Gasteiger charge is 2.15. The van der Waals surface area contributed by atoms with Gasteiger partial charge in [-0.1, -0.05) is 30.3 Å². The molecule has 4 aromatic rings. The zero-order valence-corrected chi connectivity index (χ0v) is 18.6. The van der Waals surface area contributed by atoms with E-state index < -0.39 is 0 Å². The van der Waals surface area contributed by atoms with E-state index in [2.05, 4.69) is 15.3 Å². The number of nitrogen functional groups attached to an aromatic ring is 1. The van der Waals surface area contributed by atoms with Crippen LogP contribution in [0.25, 0.3) is 11.1 Å². The second kappa shape index (κ2) is 10.6. The molecule has 0 atom stereocenters. The Morgan fingerprint density at radius 3 is 2.56 bits per heavy atom. The lowest BCUT2D eigenvalue weighted by Gasteiger charge is -2.13. The standard InChI is InChI=1S/C25H20ClFN4O3/c26-13-22(32)31-19-5-2-6-21(12-19)34-25-23(24(28)29-15-30-25)17-7-9-20(10-8-17)33-14-16-3-1-4-18(27)11-16/h1-12,15H,13-14H2,(H,31,32)(H2,28,29,30). The number of carbonyl (C=O) groups is 1. The minimum Gasteiger partial charge on any atom is -0.489 e. The lowest BCUT2D eigenvalue weighted by Crippen LogP contribution is -2.12. The van der Waals surface area contributed by atoms with Gasteiger partial charge in [-0.25, -0.2) is 14.4 Å². The molecule has 34 heavy (non-hydrogen) atoms. The molecule has 0 aliphatic rings. The van der Waals surface area contributed by atoms with Crippen molar-refractivity contribution < 1.29 is 18.7 Å². The summed E-state index contributed by atoms with van der Waals surface area (Å²) < 4.78 is 25.1. The van der Waals surface area contributed by atoms with Crippen LogP contribution in [-0.4, -0.2) is 21.8 Å². The van der Waals surface area contributed by atoms with Crippen LogP contribution in [0.2, 0.25) is 0 Å². The molecule has 0 spiro atoms. The van der Waals surface area contributed by atoms with Gasteiger partial charge in [-0.3, -0.25) is 4.79 Å². The Morgan fingerprint density at radius 2 is 1.79 bits per heavy atom. The average Bonchev–Trinajstić information content (AvgIpc) is 2.84. The Kier molecular flexibility index (Phi) is 7.19. The van der Waals surface area contributed by atoms with Crippen molar-refractivity contribution in [2.45, 2.75) is 6.61 Å². The average molecular weight is 479 g/mol. The fourth-order valence-electron chi connectivity index (χ4n) is 3.19. The van der Waals surface area contributed by atoms with E-state index in [4.69, 9.17) is 26.8 Å². The van der Waals surface area contributed by atoms with Crippen molar-refractivity contribution in [1.29, 1.82) is 0 Å². The number of amides is 1. The lowest BCUT2D eigenvalue weighted by molar-refractivity contribution is -0.113. The van der Waals surface area contributed by atoms with E-state index in [0.717, 1.165) is 11.1 Å². The number of halogens is 2. The van der Waals surface area contributed by atoms with Gasteiger partial charge in [-0.15, -0.1) is 11.6 Å². The van der Waals surface area contributed by atoms with Crippen LogP contribution in [0.15, 0.2) is 79.1 Å². The Bertz CT molecular complexity index is 1300. The second-order valence-electron chi connectivity index (χ2n) is 7.19. The van der Waals surface area contributed by atoms with Crippen molar-refractivity contribution in [1.82, 2.24) is 9.97 Å². The van der Waals surface area contributed by atoms with E-state index in [0.29, 0.717) is 22.7 Å².